The molecule has 1 aliphatic rings. The number of benzene rings is 2. The molecule has 0 aliphatic carbocycles. The van der Waals surface area contributed by atoms with E-state index in [9.17, 15) is 13.2 Å². The number of halogens is 2. The van der Waals surface area contributed by atoms with E-state index in [0.29, 0.717) is 0 Å². The van der Waals surface area contributed by atoms with Gasteiger partial charge in [0, 0.05) is 5.56 Å². The lowest BCUT2D eigenvalue weighted by Crippen LogP contribution is -2.40. The Balaban J connectivity index is 1.97. The van der Waals surface area contributed by atoms with E-state index in [1.165, 1.54) is 42.5 Å². The van der Waals surface area contributed by atoms with Crippen LogP contribution in [0.4, 0.5) is 0 Å². The molecule has 2 aromatic rings. The summed E-state index contributed by atoms with van der Waals surface area (Å²) in [6.07, 6.45) is 0. The fourth-order valence-electron chi connectivity index (χ4n) is 2.62. The van der Waals surface area contributed by atoms with Crippen LogP contribution >= 0.6 is 23.2 Å². The molecule has 142 valence electrons. The number of ketones is 1. The summed E-state index contributed by atoms with van der Waals surface area (Å²) >= 11 is 12.1. The lowest BCUT2D eigenvalue weighted by Gasteiger charge is -2.27. The molecule has 0 unspecified atom stereocenters. The molecule has 12 heteroatoms. The summed E-state index contributed by atoms with van der Waals surface area (Å²) in [5.41, 5.74) is 3.39. The standard InChI is InChI=1S/C17H10B3Cl2NO5S/c18-16(10-7-4-8-11(21)12(10)22)14(24)13(15(23)27-16)28-29(25,26)17(19,20)9-5-2-1-3-6-9/h1-8H,23H2/t16-/m0/s1. The fraction of sp³-hybridized carbons (Fsp3) is 0.118. The van der Waals surface area contributed by atoms with Crippen molar-refractivity contribution in [3.8, 4) is 0 Å². The predicted molar refractivity (Wildman–Crippen MR) is 111 cm³/mol. The van der Waals surface area contributed by atoms with Gasteiger partial charge in [-0.2, -0.15) is 8.42 Å². The molecule has 2 aromatic carbocycles. The van der Waals surface area contributed by atoms with Crippen LogP contribution in [0.25, 0.3) is 0 Å². The summed E-state index contributed by atoms with van der Waals surface area (Å²) in [4.78, 5) is 12.9. The lowest BCUT2D eigenvalue weighted by atomic mass is 9.65. The molecule has 1 heterocycles. The molecular weight excluding hydrogens is 434 g/mol. The molecule has 1 atom stereocenters. The highest BCUT2D eigenvalue weighted by Gasteiger charge is 2.51. The summed E-state index contributed by atoms with van der Waals surface area (Å²) in [6.45, 7) is 0. The van der Waals surface area contributed by atoms with Gasteiger partial charge in [0.15, 0.2) is 5.50 Å². The van der Waals surface area contributed by atoms with Gasteiger partial charge in [-0.3, -0.25) is 4.79 Å². The molecule has 0 spiro atoms. The van der Waals surface area contributed by atoms with E-state index in [2.05, 4.69) is 0 Å². The van der Waals surface area contributed by atoms with Crippen LogP contribution in [0.3, 0.4) is 0 Å². The molecule has 0 saturated heterocycles. The summed E-state index contributed by atoms with van der Waals surface area (Å²) in [6, 6.07) is 11.8. The molecule has 0 amide bonds. The first-order chi connectivity index (χ1) is 13.4. The number of nitrogens with two attached hydrogens (primary N) is 1. The van der Waals surface area contributed by atoms with E-state index in [-0.39, 0.29) is 21.2 Å². The smallest absolute Gasteiger partial charge is 0.302 e. The number of ether oxygens (including phenoxy) is 1. The van der Waals surface area contributed by atoms with Crippen LogP contribution in [-0.2, 0) is 33.9 Å². The minimum Gasteiger partial charge on any atom is -0.467 e. The second-order valence-electron chi connectivity index (χ2n) is 6.16. The van der Waals surface area contributed by atoms with Gasteiger partial charge < -0.3 is 14.7 Å². The SMILES string of the molecule is [B]C([B])(c1ccccc1)S(=O)(=O)OC1=C(N)O[C@@]([B])(c2cccc(Cl)c2Cl)C1=O. The maximum atomic E-state index is 12.9. The third kappa shape index (κ3) is 3.54. The molecule has 6 nitrogen and oxygen atoms in total. The van der Waals surface area contributed by atoms with Gasteiger partial charge in [-0.05, 0) is 11.6 Å². The number of hydrogen-bond donors (Lipinski definition) is 1. The normalized spacial score (nSPS) is 19.9. The van der Waals surface area contributed by atoms with Crippen LogP contribution < -0.4 is 5.73 Å². The largest absolute Gasteiger partial charge is 0.467 e. The monoisotopic (exact) mass is 443 g/mol. The van der Waals surface area contributed by atoms with Crippen LogP contribution in [-0.4, -0.2) is 37.7 Å². The first kappa shape index (κ1) is 21.7. The lowest BCUT2D eigenvalue weighted by molar-refractivity contribution is -0.126. The Morgan fingerprint density at radius 2 is 1.69 bits per heavy atom. The zero-order valence-electron chi connectivity index (χ0n) is 14.6. The maximum absolute atomic E-state index is 12.9. The summed E-state index contributed by atoms with van der Waals surface area (Å²) in [5, 5.41) is 0.0242. The van der Waals surface area contributed by atoms with Gasteiger partial charge in [0.05, 0.1) is 30.3 Å². The van der Waals surface area contributed by atoms with Crippen molar-refractivity contribution in [2.75, 3.05) is 0 Å². The predicted octanol–water partition coefficient (Wildman–Crippen LogP) is 1.54. The minimum atomic E-state index is -4.81. The number of rotatable bonds is 5. The second kappa shape index (κ2) is 7.34. The number of carbonyl (C=O) groups excluding carboxylic acids is 1. The molecular formula is C17H10B3Cl2NO5S. The van der Waals surface area contributed by atoms with Crippen molar-refractivity contribution in [1.82, 2.24) is 0 Å². The van der Waals surface area contributed by atoms with E-state index in [1.54, 1.807) is 6.07 Å². The Morgan fingerprint density at radius 1 is 1.07 bits per heavy atom. The minimum absolute atomic E-state index is 0.0161. The quantitative estimate of drug-likeness (QED) is 0.556. The summed E-state index contributed by atoms with van der Waals surface area (Å²) in [5.74, 6) is -2.66. The number of carbonyl (C=O) groups is 1. The van der Waals surface area contributed by atoms with E-state index >= 15 is 0 Å². The maximum Gasteiger partial charge on any atom is 0.302 e. The average Bonchev–Trinajstić information content (AvgIpc) is 2.88. The molecule has 6 radical (unpaired) electrons. The van der Waals surface area contributed by atoms with E-state index in [4.69, 9.17) is 61.4 Å². The molecule has 29 heavy (non-hydrogen) atoms. The van der Waals surface area contributed by atoms with Gasteiger partial charge in [-0.15, -0.1) is 0 Å². The van der Waals surface area contributed by atoms with Gasteiger partial charge in [0.2, 0.25) is 17.4 Å². The molecule has 0 bridgehead atoms. The van der Waals surface area contributed by atoms with Crippen LogP contribution in [0.5, 0.6) is 0 Å². The first-order valence-corrected chi connectivity index (χ1v) is 10.1. The molecule has 2 N–H and O–H groups in total. The van der Waals surface area contributed by atoms with Gasteiger partial charge in [-0.1, -0.05) is 65.7 Å². The summed E-state index contributed by atoms with van der Waals surface area (Å²) < 4.78 is 33.0. The topological polar surface area (TPSA) is 95.7 Å². The van der Waals surface area contributed by atoms with Gasteiger partial charge in [-0.25, -0.2) is 0 Å². The van der Waals surface area contributed by atoms with Gasteiger partial charge >= 0.3 is 10.1 Å². The van der Waals surface area contributed by atoms with Crippen LogP contribution in [0.2, 0.25) is 10.0 Å². The Labute approximate surface area is 181 Å². The highest BCUT2D eigenvalue weighted by atomic mass is 35.5. The van der Waals surface area contributed by atoms with E-state index < -0.39 is 37.6 Å². The van der Waals surface area contributed by atoms with E-state index in [0.717, 1.165) is 0 Å². The molecule has 1 aliphatic heterocycles. The highest BCUT2D eigenvalue weighted by Crippen LogP contribution is 2.41. The van der Waals surface area contributed by atoms with Gasteiger partial charge in [0.1, 0.15) is 7.85 Å². The van der Waals surface area contributed by atoms with Crippen LogP contribution in [0.1, 0.15) is 11.1 Å². The van der Waals surface area contributed by atoms with Crippen molar-refractivity contribution in [3.05, 3.63) is 81.3 Å². The van der Waals surface area contributed by atoms with Crippen molar-refractivity contribution in [2.24, 2.45) is 5.73 Å². The second-order valence-corrected chi connectivity index (χ2v) is 8.69. The molecule has 0 fully saturated rings. The zero-order valence-corrected chi connectivity index (χ0v) is 17.0. The molecule has 3 rings (SSSR count). The van der Waals surface area contributed by atoms with Crippen molar-refractivity contribution < 1.29 is 22.1 Å². The third-order valence-electron chi connectivity index (χ3n) is 4.22. The Bertz CT molecular complexity index is 1130. The zero-order chi connectivity index (χ0) is 21.6. The average molecular weight is 444 g/mol. The van der Waals surface area contributed by atoms with Crippen LogP contribution in [0.15, 0.2) is 60.2 Å². The first-order valence-electron chi connectivity index (χ1n) is 7.96. The third-order valence-corrected chi connectivity index (χ3v) is 6.49. The number of hydrogen-bond acceptors (Lipinski definition) is 6. The Hall–Kier alpha value is -2.03. The Kier molecular flexibility index (Phi) is 5.49. The Morgan fingerprint density at radius 3 is 2.31 bits per heavy atom. The van der Waals surface area contributed by atoms with Crippen molar-refractivity contribution in [3.63, 3.8) is 0 Å². The van der Waals surface area contributed by atoms with Crippen LogP contribution in [0, 0.1) is 0 Å². The number of Topliss-reactive ketones (excluding diaryl/α,β-unsaturated/α-hetero) is 1. The van der Waals surface area contributed by atoms with Crippen molar-refractivity contribution in [2.45, 2.75) is 10.0 Å². The highest BCUT2D eigenvalue weighted by molar-refractivity contribution is 7.90. The fourth-order valence-corrected chi connectivity index (χ4v) is 4.00. The van der Waals surface area contributed by atoms with Gasteiger partial charge in [0.25, 0.3) is 0 Å². The summed E-state index contributed by atoms with van der Waals surface area (Å²) in [7, 11) is 12.8. The van der Waals surface area contributed by atoms with Crippen molar-refractivity contribution in [1.29, 1.82) is 0 Å². The molecule has 0 aromatic heterocycles. The van der Waals surface area contributed by atoms with Crippen molar-refractivity contribution >= 4 is 62.6 Å². The van der Waals surface area contributed by atoms with E-state index in [1.807, 2.05) is 0 Å². The molecule has 0 saturated carbocycles.